The zero-order valence-electron chi connectivity index (χ0n) is 10.2. The van der Waals surface area contributed by atoms with Gasteiger partial charge in [0.1, 0.15) is 0 Å². The van der Waals surface area contributed by atoms with Crippen molar-refractivity contribution in [2.45, 2.75) is 23.9 Å². The normalized spacial score (nSPS) is 15.7. The predicted octanol–water partition coefficient (Wildman–Crippen LogP) is 0.606. The minimum Gasteiger partial charge on any atom is -0.352 e. The molecule has 3 rings (SSSR count). The lowest BCUT2D eigenvalue weighted by Crippen LogP contribution is -2.38. The second kappa shape index (κ2) is 4.99. The summed E-state index contributed by atoms with van der Waals surface area (Å²) < 4.78 is 28.0. The molecule has 0 bridgehead atoms. The highest BCUT2D eigenvalue weighted by Gasteiger charge is 2.27. The fraction of sp³-hybridized carbons (Fsp3) is 0.400. The fourth-order valence-corrected chi connectivity index (χ4v) is 4.14. The monoisotopic (exact) mass is 334 g/mol. The van der Waals surface area contributed by atoms with Crippen LogP contribution in [0.2, 0.25) is 5.15 Å². The molecule has 1 fully saturated rings. The smallest absolute Gasteiger partial charge is 0.260 e. The Morgan fingerprint density at radius 1 is 1.55 bits per heavy atom. The number of nitrogens with one attached hydrogen (secondary N) is 2. The van der Waals surface area contributed by atoms with Crippen LogP contribution < -0.4 is 10.0 Å². The largest absolute Gasteiger partial charge is 0.352 e. The first-order chi connectivity index (χ1) is 9.47. The Morgan fingerprint density at radius 2 is 2.30 bits per heavy atom. The van der Waals surface area contributed by atoms with Gasteiger partial charge in [0.2, 0.25) is 5.91 Å². The van der Waals surface area contributed by atoms with Crippen molar-refractivity contribution in [3.63, 3.8) is 0 Å². The second-order valence-corrected chi connectivity index (χ2v) is 7.34. The van der Waals surface area contributed by atoms with Crippen LogP contribution in [0, 0.1) is 0 Å². The molecule has 0 unspecified atom stereocenters. The number of imidazole rings is 1. The highest BCUT2D eigenvalue weighted by Crippen LogP contribution is 2.25. The number of sulfonamides is 1. The van der Waals surface area contributed by atoms with Crippen LogP contribution in [0.25, 0.3) is 4.96 Å². The average Bonchev–Trinajstić information content (AvgIpc) is 2.96. The van der Waals surface area contributed by atoms with Crippen molar-refractivity contribution in [1.82, 2.24) is 19.4 Å². The van der Waals surface area contributed by atoms with Gasteiger partial charge in [0.15, 0.2) is 15.1 Å². The molecule has 20 heavy (non-hydrogen) atoms. The van der Waals surface area contributed by atoms with Crippen molar-refractivity contribution in [1.29, 1.82) is 0 Å². The molecule has 0 aliphatic heterocycles. The van der Waals surface area contributed by atoms with E-state index >= 15 is 0 Å². The first-order valence-corrected chi connectivity index (χ1v) is 8.61. The topological polar surface area (TPSA) is 92.6 Å². The Balaban J connectivity index is 1.78. The zero-order valence-corrected chi connectivity index (χ0v) is 12.6. The summed E-state index contributed by atoms with van der Waals surface area (Å²) in [6.45, 7) is -0.313. The van der Waals surface area contributed by atoms with E-state index in [-0.39, 0.29) is 28.7 Å². The molecule has 0 spiro atoms. The maximum Gasteiger partial charge on any atom is 0.260 e. The van der Waals surface area contributed by atoms with E-state index in [1.165, 1.54) is 15.7 Å². The summed E-state index contributed by atoms with van der Waals surface area (Å²) in [7, 11) is -3.89. The summed E-state index contributed by atoms with van der Waals surface area (Å²) in [4.78, 5) is 16.0. The van der Waals surface area contributed by atoms with Gasteiger partial charge in [0.25, 0.3) is 10.0 Å². The van der Waals surface area contributed by atoms with Crippen LogP contribution >= 0.6 is 22.9 Å². The van der Waals surface area contributed by atoms with Gasteiger partial charge in [0.05, 0.1) is 6.54 Å². The van der Waals surface area contributed by atoms with Crippen molar-refractivity contribution in [3.05, 3.63) is 16.7 Å². The molecule has 0 atom stereocenters. The first-order valence-electron chi connectivity index (χ1n) is 5.87. The third-order valence-corrected chi connectivity index (χ3v) is 5.35. The van der Waals surface area contributed by atoms with E-state index in [4.69, 9.17) is 11.6 Å². The SMILES string of the molecule is O=C(CNS(=O)(=O)c1c(Cl)nc2sccn12)NC1CC1. The van der Waals surface area contributed by atoms with Gasteiger partial charge in [-0.25, -0.2) is 18.1 Å². The van der Waals surface area contributed by atoms with Crippen LogP contribution in [-0.2, 0) is 14.8 Å². The van der Waals surface area contributed by atoms with Crippen LogP contribution in [0.4, 0.5) is 0 Å². The lowest BCUT2D eigenvalue weighted by atomic mass is 10.5. The zero-order chi connectivity index (χ0) is 14.3. The number of amides is 1. The predicted molar refractivity (Wildman–Crippen MR) is 74.4 cm³/mol. The number of rotatable bonds is 5. The van der Waals surface area contributed by atoms with Crippen LogP contribution in [0.3, 0.4) is 0 Å². The van der Waals surface area contributed by atoms with Crippen molar-refractivity contribution < 1.29 is 13.2 Å². The van der Waals surface area contributed by atoms with Crippen molar-refractivity contribution >= 4 is 43.8 Å². The van der Waals surface area contributed by atoms with Crippen LogP contribution in [0.5, 0.6) is 0 Å². The quantitative estimate of drug-likeness (QED) is 0.837. The minimum atomic E-state index is -3.89. The van der Waals surface area contributed by atoms with Crippen molar-refractivity contribution in [3.8, 4) is 0 Å². The molecule has 108 valence electrons. The van der Waals surface area contributed by atoms with E-state index in [1.54, 1.807) is 11.6 Å². The summed E-state index contributed by atoms with van der Waals surface area (Å²) in [5.74, 6) is -0.349. The number of halogens is 1. The van der Waals surface area contributed by atoms with Crippen LogP contribution in [0.1, 0.15) is 12.8 Å². The van der Waals surface area contributed by atoms with E-state index in [9.17, 15) is 13.2 Å². The molecular formula is C10H11ClN4O3S2. The summed E-state index contributed by atoms with van der Waals surface area (Å²) in [5, 5.41) is 4.16. The van der Waals surface area contributed by atoms with Gasteiger partial charge in [0, 0.05) is 17.6 Å². The molecule has 2 heterocycles. The van der Waals surface area contributed by atoms with Gasteiger partial charge in [-0.05, 0) is 12.8 Å². The molecule has 0 saturated heterocycles. The summed E-state index contributed by atoms with van der Waals surface area (Å²) >= 11 is 7.13. The maximum absolute atomic E-state index is 12.2. The van der Waals surface area contributed by atoms with Gasteiger partial charge in [-0.2, -0.15) is 0 Å². The molecule has 1 aliphatic rings. The lowest BCUT2D eigenvalue weighted by Gasteiger charge is -2.06. The van der Waals surface area contributed by atoms with Gasteiger partial charge in [-0.3, -0.25) is 9.20 Å². The molecule has 0 aromatic carbocycles. The Morgan fingerprint density at radius 3 is 3.00 bits per heavy atom. The first kappa shape index (κ1) is 13.8. The third kappa shape index (κ3) is 2.66. The molecule has 2 aromatic rings. The fourth-order valence-electron chi connectivity index (χ4n) is 1.71. The minimum absolute atomic E-state index is 0.105. The molecule has 1 aliphatic carbocycles. The summed E-state index contributed by atoms with van der Waals surface area (Å²) in [6.07, 6.45) is 3.46. The molecule has 7 nitrogen and oxygen atoms in total. The summed E-state index contributed by atoms with van der Waals surface area (Å²) in [5.41, 5.74) is 0. The number of carbonyl (C=O) groups is 1. The summed E-state index contributed by atoms with van der Waals surface area (Å²) in [6, 6.07) is 0.189. The van der Waals surface area contributed by atoms with Crippen molar-refractivity contribution in [2.75, 3.05) is 6.54 Å². The standard InChI is InChI=1S/C10H11ClN4O3S2/c11-8-9(15-3-4-19-10(15)14-8)20(17,18)12-5-7(16)13-6-1-2-6/h3-4,6,12H,1-2,5H2,(H,13,16). The van der Waals surface area contributed by atoms with E-state index < -0.39 is 10.0 Å². The van der Waals surface area contributed by atoms with E-state index in [1.807, 2.05) is 0 Å². The van der Waals surface area contributed by atoms with E-state index in [0.29, 0.717) is 4.96 Å². The second-order valence-electron chi connectivity index (χ2n) is 4.43. The Hall–Kier alpha value is -1.16. The number of fused-ring (bicyclic) bond motifs is 1. The Kier molecular flexibility index (Phi) is 3.44. The van der Waals surface area contributed by atoms with Crippen molar-refractivity contribution in [2.24, 2.45) is 0 Å². The number of hydrogen-bond acceptors (Lipinski definition) is 5. The van der Waals surface area contributed by atoms with Crippen LogP contribution in [0.15, 0.2) is 16.6 Å². The number of carbonyl (C=O) groups excluding carboxylic acids is 1. The number of hydrogen-bond donors (Lipinski definition) is 2. The molecule has 2 aromatic heterocycles. The molecule has 1 saturated carbocycles. The van der Waals surface area contributed by atoms with E-state index in [2.05, 4.69) is 15.0 Å². The molecule has 0 radical (unpaired) electrons. The lowest BCUT2D eigenvalue weighted by molar-refractivity contribution is -0.120. The maximum atomic E-state index is 12.2. The number of nitrogens with zero attached hydrogens (tertiary/aromatic N) is 2. The molecule has 2 N–H and O–H groups in total. The molecule has 10 heteroatoms. The highest BCUT2D eigenvalue weighted by molar-refractivity contribution is 7.89. The molecular weight excluding hydrogens is 324 g/mol. The van der Waals surface area contributed by atoms with Gasteiger partial charge in [-0.1, -0.05) is 11.6 Å². The van der Waals surface area contributed by atoms with Gasteiger partial charge >= 0.3 is 0 Å². The number of thiazole rings is 1. The van der Waals surface area contributed by atoms with Gasteiger partial charge in [-0.15, -0.1) is 11.3 Å². The Bertz CT molecular complexity index is 763. The Labute approximate surface area is 124 Å². The van der Waals surface area contributed by atoms with Crippen LogP contribution in [-0.4, -0.2) is 36.3 Å². The average molecular weight is 335 g/mol. The number of aromatic nitrogens is 2. The van der Waals surface area contributed by atoms with E-state index in [0.717, 1.165) is 12.8 Å². The van der Waals surface area contributed by atoms with Gasteiger partial charge < -0.3 is 5.32 Å². The third-order valence-electron chi connectivity index (χ3n) is 2.80. The highest BCUT2D eigenvalue weighted by atomic mass is 35.5. The molecule has 1 amide bonds.